The minimum atomic E-state index is -0.307. The number of carbonyl (C=O) groups excluding carboxylic acids is 3. The van der Waals surface area contributed by atoms with Gasteiger partial charge in [-0.05, 0) is 69.3 Å². The maximum atomic E-state index is 12.4. The van der Waals surface area contributed by atoms with Gasteiger partial charge >= 0.3 is 0 Å². The molecule has 0 heterocycles. The van der Waals surface area contributed by atoms with Crippen LogP contribution in [0.5, 0.6) is 0 Å². The first-order valence-corrected chi connectivity index (χ1v) is 9.39. The van der Waals surface area contributed by atoms with E-state index in [1.54, 1.807) is 24.3 Å². The van der Waals surface area contributed by atoms with Crippen LogP contribution in [-0.4, -0.2) is 37.2 Å². The summed E-state index contributed by atoms with van der Waals surface area (Å²) in [6.45, 7) is 8.82. The van der Waals surface area contributed by atoms with Crippen LogP contribution >= 0.6 is 0 Å². The van der Waals surface area contributed by atoms with Gasteiger partial charge in [0, 0.05) is 42.6 Å². The normalized spacial score (nSPS) is 10.3. The molecule has 2 aromatic carbocycles. The summed E-state index contributed by atoms with van der Waals surface area (Å²) in [7, 11) is 0. The minimum Gasteiger partial charge on any atom is -0.372 e. The summed E-state index contributed by atoms with van der Waals surface area (Å²) in [5.74, 6) is -0.551. The molecule has 0 unspecified atom stereocenters. The van der Waals surface area contributed by atoms with E-state index in [9.17, 15) is 14.4 Å². The number of Topliss-reactive ketones (excluding diaryl/α,β-unsaturated/α-hetero) is 1. The van der Waals surface area contributed by atoms with Crippen LogP contribution in [0.2, 0.25) is 0 Å². The van der Waals surface area contributed by atoms with E-state index in [1.165, 1.54) is 18.7 Å². The Balaban J connectivity index is 2.08. The van der Waals surface area contributed by atoms with Gasteiger partial charge < -0.3 is 15.1 Å². The Hall–Kier alpha value is -3.15. The zero-order valence-corrected chi connectivity index (χ0v) is 16.9. The van der Waals surface area contributed by atoms with Gasteiger partial charge in [0.25, 0.3) is 0 Å². The Morgan fingerprint density at radius 1 is 0.821 bits per heavy atom. The first kappa shape index (κ1) is 21.2. The number of benzene rings is 2. The predicted molar refractivity (Wildman–Crippen MR) is 113 cm³/mol. The molecule has 6 nitrogen and oxygen atoms in total. The average molecular weight is 381 g/mol. The number of ketones is 1. The molecule has 0 saturated heterocycles. The lowest BCUT2D eigenvalue weighted by atomic mass is 10.1. The van der Waals surface area contributed by atoms with Crippen molar-refractivity contribution in [1.82, 2.24) is 0 Å². The number of nitrogens with zero attached hydrogens (tertiary/aromatic N) is 2. The van der Waals surface area contributed by atoms with Gasteiger partial charge in [-0.2, -0.15) is 0 Å². The highest BCUT2D eigenvalue weighted by molar-refractivity contribution is 6.02. The van der Waals surface area contributed by atoms with Crippen LogP contribution in [0.4, 0.5) is 17.1 Å². The largest absolute Gasteiger partial charge is 0.372 e. The topological polar surface area (TPSA) is 69.7 Å². The van der Waals surface area contributed by atoms with Gasteiger partial charge in [-0.3, -0.25) is 14.4 Å². The summed E-state index contributed by atoms with van der Waals surface area (Å²) in [5, 5.41) is 2.76. The lowest BCUT2D eigenvalue weighted by Crippen LogP contribution is -2.36. The molecule has 0 saturated carbocycles. The monoisotopic (exact) mass is 381 g/mol. The van der Waals surface area contributed by atoms with E-state index in [0.29, 0.717) is 16.9 Å². The summed E-state index contributed by atoms with van der Waals surface area (Å²) < 4.78 is 0. The fourth-order valence-electron chi connectivity index (χ4n) is 2.95. The molecule has 2 aromatic rings. The Kier molecular flexibility index (Phi) is 7.32. The fourth-order valence-corrected chi connectivity index (χ4v) is 2.95. The maximum Gasteiger partial charge on any atom is 0.244 e. The third-order valence-corrected chi connectivity index (χ3v) is 4.55. The molecule has 0 bridgehead atoms. The summed E-state index contributed by atoms with van der Waals surface area (Å²) in [6.07, 6.45) is 0. The molecule has 0 fully saturated rings. The molecule has 2 amide bonds. The standard InChI is InChI=1S/C22H27N3O3/c1-5-24(6-2)20-11-13-21(14-12-20)25(17(4)27)15-22(28)23-19-9-7-18(8-10-19)16(3)26/h7-14H,5-6,15H2,1-4H3,(H,23,28). The van der Waals surface area contributed by atoms with E-state index >= 15 is 0 Å². The second-order valence-electron chi connectivity index (χ2n) is 6.48. The summed E-state index contributed by atoms with van der Waals surface area (Å²) >= 11 is 0. The first-order chi connectivity index (χ1) is 13.3. The van der Waals surface area contributed by atoms with Gasteiger partial charge in [0.1, 0.15) is 6.54 Å². The highest BCUT2D eigenvalue weighted by Gasteiger charge is 2.16. The molecule has 6 heteroatoms. The van der Waals surface area contributed by atoms with E-state index in [-0.39, 0.29) is 24.1 Å². The zero-order valence-electron chi connectivity index (χ0n) is 16.9. The van der Waals surface area contributed by atoms with Crippen molar-refractivity contribution >= 4 is 34.7 Å². The molecule has 0 aliphatic rings. The Bertz CT molecular complexity index is 825. The van der Waals surface area contributed by atoms with Crippen LogP contribution < -0.4 is 15.1 Å². The van der Waals surface area contributed by atoms with Crippen molar-refractivity contribution in [2.75, 3.05) is 34.8 Å². The third kappa shape index (κ3) is 5.42. The lowest BCUT2D eigenvalue weighted by molar-refractivity contribution is -0.120. The van der Waals surface area contributed by atoms with Crippen molar-refractivity contribution in [3.8, 4) is 0 Å². The molecule has 0 aliphatic carbocycles. The zero-order chi connectivity index (χ0) is 20.7. The van der Waals surface area contributed by atoms with Crippen LogP contribution in [0.25, 0.3) is 0 Å². The third-order valence-electron chi connectivity index (χ3n) is 4.55. The van der Waals surface area contributed by atoms with Crippen LogP contribution in [0.1, 0.15) is 38.1 Å². The van der Waals surface area contributed by atoms with Gasteiger partial charge in [-0.15, -0.1) is 0 Å². The van der Waals surface area contributed by atoms with Crippen LogP contribution in [0, 0.1) is 0 Å². The summed E-state index contributed by atoms with van der Waals surface area (Å²) in [4.78, 5) is 39.5. The van der Waals surface area contributed by atoms with Gasteiger partial charge in [0.05, 0.1) is 0 Å². The summed E-state index contributed by atoms with van der Waals surface area (Å²) in [6, 6.07) is 14.3. The fraction of sp³-hybridized carbons (Fsp3) is 0.318. The van der Waals surface area contributed by atoms with Crippen LogP contribution in [-0.2, 0) is 9.59 Å². The van der Waals surface area contributed by atoms with E-state index in [1.807, 2.05) is 24.3 Å². The molecule has 0 spiro atoms. The molecule has 0 atom stereocenters. The van der Waals surface area contributed by atoms with Crippen molar-refractivity contribution in [2.24, 2.45) is 0 Å². The van der Waals surface area contributed by atoms with Crippen LogP contribution in [0.15, 0.2) is 48.5 Å². The first-order valence-electron chi connectivity index (χ1n) is 9.39. The van der Waals surface area contributed by atoms with E-state index in [4.69, 9.17) is 0 Å². The average Bonchev–Trinajstić information content (AvgIpc) is 2.68. The summed E-state index contributed by atoms with van der Waals surface area (Å²) in [5.41, 5.74) is 2.91. The number of anilines is 3. The number of carbonyl (C=O) groups is 3. The van der Waals surface area contributed by atoms with E-state index in [0.717, 1.165) is 18.8 Å². The number of amides is 2. The lowest BCUT2D eigenvalue weighted by Gasteiger charge is -2.24. The molecule has 1 N–H and O–H groups in total. The molecule has 0 aliphatic heterocycles. The SMILES string of the molecule is CCN(CC)c1ccc(N(CC(=O)Nc2ccc(C(C)=O)cc2)C(C)=O)cc1. The second kappa shape index (κ2) is 9.69. The Morgan fingerprint density at radius 3 is 1.82 bits per heavy atom. The van der Waals surface area contributed by atoms with Crippen LogP contribution in [0.3, 0.4) is 0 Å². The van der Waals surface area contributed by atoms with Crippen molar-refractivity contribution in [2.45, 2.75) is 27.7 Å². The molecule has 0 aromatic heterocycles. The maximum absolute atomic E-state index is 12.4. The van der Waals surface area contributed by atoms with Gasteiger partial charge in [-0.1, -0.05) is 0 Å². The molecule has 2 rings (SSSR count). The van der Waals surface area contributed by atoms with Gasteiger partial charge in [-0.25, -0.2) is 0 Å². The molecular weight excluding hydrogens is 354 g/mol. The quantitative estimate of drug-likeness (QED) is 0.708. The molecular formula is C22H27N3O3. The number of nitrogens with one attached hydrogen (secondary N) is 1. The van der Waals surface area contributed by atoms with Crippen molar-refractivity contribution in [3.05, 3.63) is 54.1 Å². The smallest absolute Gasteiger partial charge is 0.244 e. The van der Waals surface area contributed by atoms with Gasteiger partial charge in [0.2, 0.25) is 11.8 Å². The highest BCUT2D eigenvalue weighted by atomic mass is 16.2. The van der Waals surface area contributed by atoms with Crippen molar-refractivity contribution in [1.29, 1.82) is 0 Å². The van der Waals surface area contributed by atoms with E-state index in [2.05, 4.69) is 24.1 Å². The highest BCUT2D eigenvalue weighted by Crippen LogP contribution is 2.21. The predicted octanol–water partition coefficient (Wildman–Crippen LogP) is 3.73. The van der Waals surface area contributed by atoms with Crippen molar-refractivity contribution in [3.63, 3.8) is 0 Å². The number of rotatable bonds is 8. The minimum absolute atomic E-state index is 0.0335. The Labute approximate surface area is 166 Å². The molecule has 28 heavy (non-hydrogen) atoms. The second-order valence-corrected chi connectivity index (χ2v) is 6.48. The van der Waals surface area contributed by atoms with Gasteiger partial charge in [0.15, 0.2) is 5.78 Å². The molecule has 0 radical (unpaired) electrons. The van der Waals surface area contributed by atoms with E-state index < -0.39 is 0 Å². The Morgan fingerprint density at radius 2 is 1.36 bits per heavy atom. The molecule has 148 valence electrons. The van der Waals surface area contributed by atoms with Crippen molar-refractivity contribution < 1.29 is 14.4 Å². The number of hydrogen-bond donors (Lipinski definition) is 1. The number of hydrogen-bond acceptors (Lipinski definition) is 4.